The van der Waals surface area contributed by atoms with Gasteiger partial charge in [-0.15, -0.1) is 11.3 Å². The number of benzene rings is 8. The number of fused-ring (bicyclic) bond motifs is 13. The second kappa shape index (κ2) is 10.5. The molecular weight excluding hydrogens is 651 g/mol. The standard InChI is InChI=1S/C48H29N3S/c1-2-13-34-30(11-1)12-9-16-35(34)31-23-25-32(26-24-31)49(33-27-28-45-39(29-33)36-14-4-8-22-44(36)52-45)43-21-10-17-38-46-37-15-3-5-18-40(37)50-41-19-6-7-20-42(41)51(47(38)43)48(46)50/h1-29H. The molecule has 4 heteroatoms. The fourth-order valence-corrected chi connectivity index (χ4v) is 9.91. The zero-order chi connectivity index (χ0) is 33.9. The van der Waals surface area contributed by atoms with Crippen molar-refractivity contribution < 1.29 is 0 Å². The quantitative estimate of drug-likeness (QED) is 0.180. The lowest BCUT2D eigenvalue weighted by Gasteiger charge is -2.27. The van der Waals surface area contributed by atoms with Crippen molar-refractivity contribution in [3.05, 3.63) is 176 Å². The van der Waals surface area contributed by atoms with E-state index < -0.39 is 0 Å². The van der Waals surface area contributed by atoms with E-state index in [4.69, 9.17) is 0 Å². The first-order valence-electron chi connectivity index (χ1n) is 17.8. The van der Waals surface area contributed by atoms with Gasteiger partial charge >= 0.3 is 0 Å². The van der Waals surface area contributed by atoms with Crippen molar-refractivity contribution in [2.24, 2.45) is 0 Å². The van der Waals surface area contributed by atoms with Gasteiger partial charge in [0.25, 0.3) is 0 Å². The average molecular weight is 680 g/mol. The Balaban J connectivity index is 1.16. The number of anilines is 3. The number of para-hydroxylation sites is 4. The molecule has 3 nitrogen and oxygen atoms in total. The van der Waals surface area contributed by atoms with Crippen LogP contribution >= 0.6 is 11.3 Å². The van der Waals surface area contributed by atoms with Crippen molar-refractivity contribution in [2.75, 3.05) is 4.90 Å². The molecule has 0 N–H and O–H groups in total. The smallest absolute Gasteiger partial charge is 0.131 e. The first kappa shape index (κ1) is 28.1. The predicted octanol–water partition coefficient (Wildman–Crippen LogP) is 13.7. The third-order valence-electron chi connectivity index (χ3n) is 11.0. The van der Waals surface area contributed by atoms with Crippen LogP contribution in [0.5, 0.6) is 0 Å². The monoisotopic (exact) mass is 679 g/mol. The molecule has 0 aliphatic carbocycles. The number of imidazole rings is 1. The molecule has 0 fully saturated rings. The molecule has 0 amide bonds. The van der Waals surface area contributed by atoms with Crippen LogP contribution in [0.4, 0.5) is 17.1 Å². The molecule has 4 heterocycles. The third kappa shape index (κ3) is 3.74. The summed E-state index contributed by atoms with van der Waals surface area (Å²) < 4.78 is 7.58. The fourth-order valence-electron chi connectivity index (χ4n) is 8.83. The molecule has 242 valence electrons. The zero-order valence-electron chi connectivity index (χ0n) is 28.0. The maximum atomic E-state index is 2.51. The minimum absolute atomic E-state index is 1.12. The van der Waals surface area contributed by atoms with Crippen molar-refractivity contribution >= 4 is 103 Å². The molecule has 0 spiro atoms. The van der Waals surface area contributed by atoms with Gasteiger partial charge in [-0.2, -0.15) is 0 Å². The summed E-state index contributed by atoms with van der Waals surface area (Å²) in [5.41, 5.74) is 12.0. The molecule has 8 aromatic carbocycles. The van der Waals surface area contributed by atoms with Gasteiger partial charge in [-0.25, -0.2) is 0 Å². The second-order valence-corrected chi connectivity index (χ2v) is 14.8. The SMILES string of the molecule is c1ccc2c(-c3ccc(N(c4ccc5sc6ccccc6c5c4)c4cccc5c6c7ccccc7n7c8ccccc8n(c45)c67)cc3)cccc2c1. The Hall–Kier alpha value is -6.62. The van der Waals surface area contributed by atoms with Crippen LogP contribution in [-0.4, -0.2) is 8.80 Å². The molecule has 0 bridgehead atoms. The summed E-state index contributed by atoms with van der Waals surface area (Å²) in [7, 11) is 0. The molecule has 12 rings (SSSR count). The van der Waals surface area contributed by atoms with Crippen LogP contribution in [0.3, 0.4) is 0 Å². The second-order valence-electron chi connectivity index (χ2n) is 13.7. The molecule has 0 saturated heterocycles. The summed E-state index contributed by atoms with van der Waals surface area (Å²) in [6.45, 7) is 0. The summed E-state index contributed by atoms with van der Waals surface area (Å²) >= 11 is 1.86. The van der Waals surface area contributed by atoms with Gasteiger partial charge in [0.2, 0.25) is 0 Å². The maximum absolute atomic E-state index is 2.51. The number of hydrogen-bond acceptors (Lipinski definition) is 2. The molecule has 52 heavy (non-hydrogen) atoms. The van der Waals surface area contributed by atoms with Crippen molar-refractivity contribution in [1.29, 1.82) is 0 Å². The van der Waals surface area contributed by atoms with E-state index in [1.807, 2.05) is 11.3 Å². The lowest BCUT2D eigenvalue weighted by atomic mass is 9.98. The highest BCUT2D eigenvalue weighted by atomic mass is 32.1. The number of nitrogens with zero attached hydrogens (tertiary/aromatic N) is 3. The maximum Gasteiger partial charge on any atom is 0.131 e. The summed E-state index contributed by atoms with van der Waals surface area (Å²) in [4.78, 5) is 2.47. The molecule has 0 aliphatic heterocycles. The Labute approximate surface area is 302 Å². The van der Waals surface area contributed by atoms with Gasteiger partial charge in [0.15, 0.2) is 0 Å². The van der Waals surface area contributed by atoms with Crippen LogP contribution in [0.1, 0.15) is 0 Å². The normalized spacial score (nSPS) is 12.2. The van der Waals surface area contributed by atoms with Gasteiger partial charge in [-0.05, 0) is 82.6 Å². The summed E-state index contributed by atoms with van der Waals surface area (Å²) in [5, 5.41) is 8.95. The van der Waals surface area contributed by atoms with E-state index in [0.717, 1.165) is 17.1 Å². The molecule has 0 unspecified atom stereocenters. The van der Waals surface area contributed by atoms with Crippen LogP contribution in [0, 0.1) is 0 Å². The van der Waals surface area contributed by atoms with E-state index in [1.165, 1.54) is 85.9 Å². The van der Waals surface area contributed by atoms with Crippen molar-refractivity contribution in [2.45, 2.75) is 0 Å². The van der Waals surface area contributed by atoms with E-state index in [9.17, 15) is 0 Å². The minimum atomic E-state index is 1.12. The number of aromatic nitrogens is 2. The van der Waals surface area contributed by atoms with Crippen molar-refractivity contribution in [3.63, 3.8) is 0 Å². The lowest BCUT2D eigenvalue weighted by molar-refractivity contribution is 1.25. The minimum Gasteiger partial charge on any atom is -0.308 e. The van der Waals surface area contributed by atoms with Gasteiger partial charge in [0.05, 0.1) is 27.8 Å². The van der Waals surface area contributed by atoms with Gasteiger partial charge in [-0.1, -0.05) is 115 Å². The Morgan fingerprint density at radius 3 is 1.92 bits per heavy atom. The summed E-state index contributed by atoms with van der Waals surface area (Å²) in [6.07, 6.45) is 0. The Kier molecular flexibility index (Phi) is 5.65. The number of hydrogen-bond donors (Lipinski definition) is 0. The highest BCUT2D eigenvalue weighted by Crippen LogP contribution is 2.48. The topological polar surface area (TPSA) is 12.1 Å². The van der Waals surface area contributed by atoms with Crippen LogP contribution in [0.25, 0.3) is 85.9 Å². The van der Waals surface area contributed by atoms with E-state index in [1.54, 1.807) is 0 Å². The molecule has 4 aromatic heterocycles. The molecule has 0 atom stereocenters. The predicted molar refractivity (Wildman–Crippen MR) is 223 cm³/mol. The average Bonchev–Trinajstić information content (AvgIpc) is 3.94. The van der Waals surface area contributed by atoms with Crippen LogP contribution in [-0.2, 0) is 0 Å². The fraction of sp³-hybridized carbons (Fsp3) is 0. The molecular formula is C48H29N3S. The van der Waals surface area contributed by atoms with E-state index in [-0.39, 0.29) is 0 Å². The number of thiophene rings is 1. The third-order valence-corrected chi connectivity index (χ3v) is 12.2. The zero-order valence-corrected chi connectivity index (χ0v) is 28.8. The summed E-state index contributed by atoms with van der Waals surface area (Å²) in [5.74, 6) is 0. The Morgan fingerprint density at radius 1 is 0.423 bits per heavy atom. The highest BCUT2D eigenvalue weighted by molar-refractivity contribution is 7.25. The molecule has 0 radical (unpaired) electrons. The highest BCUT2D eigenvalue weighted by Gasteiger charge is 2.26. The van der Waals surface area contributed by atoms with Gasteiger partial charge in [0, 0.05) is 47.7 Å². The van der Waals surface area contributed by atoms with Crippen LogP contribution in [0.2, 0.25) is 0 Å². The molecule has 0 saturated carbocycles. The van der Waals surface area contributed by atoms with Crippen molar-refractivity contribution in [1.82, 2.24) is 8.80 Å². The first-order chi connectivity index (χ1) is 25.8. The Bertz CT molecular complexity index is 3350. The van der Waals surface area contributed by atoms with Crippen LogP contribution < -0.4 is 4.90 Å². The van der Waals surface area contributed by atoms with E-state index in [0.29, 0.717) is 0 Å². The van der Waals surface area contributed by atoms with Gasteiger partial charge in [-0.3, -0.25) is 8.80 Å². The molecule has 12 aromatic rings. The molecule has 0 aliphatic rings. The summed E-state index contributed by atoms with van der Waals surface area (Å²) in [6, 6.07) is 64.7. The van der Waals surface area contributed by atoms with Gasteiger partial charge in [0.1, 0.15) is 5.65 Å². The first-order valence-corrected chi connectivity index (χ1v) is 18.6. The largest absolute Gasteiger partial charge is 0.308 e. The van der Waals surface area contributed by atoms with E-state index >= 15 is 0 Å². The Morgan fingerprint density at radius 2 is 1.06 bits per heavy atom. The van der Waals surface area contributed by atoms with Crippen LogP contribution in [0.15, 0.2) is 176 Å². The van der Waals surface area contributed by atoms with E-state index in [2.05, 4.69) is 190 Å². The van der Waals surface area contributed by atoms with Crippen molar-refractivity contribution in [3.8, 4) is 11.1 Å². The number of rotatable bonds is 4. The van der Waals surface area contributed by atoms with Gasteiger partial charge < -0.3 is 4.90 Å². The lowest BCUT2D eigenvalue weighted by Crippen LogP contribution is -2.11.